The molecule has 0 spiro atoms. The molecule has 2 heterocycles. The third-order valence-corrected chi connectivity index (χ3v) is 4.28. The van der Waals surface area contributed by atoms with Crippen molar-refractivity contribution in [3.05, 3.63) is 0 Å². The first-order valence-corrected chi connectivity index (χ1v) is 7.26. The maximum atomic E-state index is 9.99. The Labute approximate surface area is 105 Å². The molecule has 2 rings (SSSR count). The summed E-state index contributed by atoms with van der Waals surface area (Å²) in [6.07, 6.45) is 8.32. The van der Waals surface area contributed by atoms with E-state index in [4.69, 9.17) is 4.74 Å². The molecular formula is C14H27NO2. The van der Waals surface area contributed by atoms with Gasteiger partial charge in [0, 0.05) is 12.1 Å². The van der Waals surface area contributed by atoms with Crippen LogP contribution in [0, 0.1) is 0 Å². The lowest BCUT2D eigenvalue weighted by Crippen LogP contribution is -2.55. The minimum absolute atomic E-state index is 0.0897. The molecule has 100 valence electrons. The van der Waals surface area contributed by atoms with E-state index in [1.165, 1.54) is 25.7 Å². The van der Waals surface area contributed by atoms with Crippen molar-refractivity contribution in [2.24, 2.45) is 0 Å². The Hall–Kier alpha value is -0.120. The van der Waals surface area contributed by atoms with Crippen molar-refractivity contribution >= 4 is 0 Å². The number of aliphatic hydroxyl groups is 1. The van der Waals surface area contributed by atoms with Crippen LogP contribution in [0.25, 0.3) is 0 Å². The molecule has 0 aromatic carbocycles. The van der Waals surface area contributed by atoms with Gasteiger partial charge in [0.15, 0.2) is 0 Å². The number of rotatable bonds is 4. The van der Waals surface area contributed by atoms with Crippen LogP contribution < -0.4 is 0 Å². The largest absolute Gasteiger partial charge is 0.393 e. The normalized spacial score (nSPS) is 39.0. The van der Waals surface area contributed by atoms with E-state index in [1.54, 1.807) is 0 Å². The summed E-state index contributed by atoms with van der Waals surface area (Å²) in [7, 11) is 0. The molecule has 4 atom stereocenters. The number of unbranched alkanes of at least 4 members (excludes halogenated alkanes) is 2. The minimum Gasteiger partial charge on any atom is -0.393 e. The molecule has 1 N–H and O–H groups in total. The van der Waals surface area contributed by atoms with E-state index >= 15 is 0 Å². The first-order chi connectivity index (χ1) is 8.20. The lowest BCUT2D eigenvalue weighted by molar-refractivity contribution is -0.139. The van der Waals surface area contributed by atoms with Gasteiger partial charge in [0.1, 0.15) is 0 Å². The summed E-state index contributed by atoms with van der Waals surface area (Å²) >= 11 is 0. The molecule has 0 saturated carbocycles. The topological polar surface area (TPSA) is 32.7 Å². The average molecular weight is 241 g/mol. The number of hydrogen-bond donors (Lipinski definition) is 1. The first-order valence-electron chi connectivity index (χ1n) is 7.26. The second-order valence-corrected chi connectivity index (χ2v) is 5.78. The highest BCUT2D eigenvalue weighted by molar-refractivity contribution is 4.90. The van der Waals surface area contributed by atoms with Crippen molar-refractivity contribution in [2.45, 2.75) is 83.1 Å². The zero-order valence-corrected chi connectivity index (χ0v) is 11.3. The molecule has 2 aliphatic rings. The highest BCUT2D eigenvalue weighted by Gasteiger charge is 2.37. The van der Waals surface area contributed by atoms with Crippen molar-refractivity contribution in [1.82, 2.24) is 4.90 Å². The SMILES string of the molecule is CCCCC[C@H]1CC(O)C[C@@H]2C[C@H](C)OCN21. The van der Waals surface area contributed by atoms with Gasteiger partial charge in [-0.05, 0) is 32.6 Å². The standard InChI is InChI=1S/C14H27NO2/c1-3-4-5-6-12-8-14(16)9-13-7-11(2)17-10-15(12)13/h11-14,16H,3-10H2,1-2H3/t11-,12-,13-,14?/m0/s1. The van der Waals surface area contributed by atoms with Gasteiger partial charge in [-0.1, -0.05) is 26.2 Å². The molecule has 0 aromatic heterocycles. The number of fused-ring (bicyclic) bond motifs is 1. The van der Waals surface area contributed by atoms with Gasteiger partial charge in [0.05, 0.1) is 18.9 Å². The summed E-state index contributed by atoms with van der Waals surface area (Å²) in [5, 5.41) is 9.99. The highest BCUT2D eigenvalue weighted by Crippen LogP contribution is 2.32. The smallest absolute Gasteiger partial charge is 0.0998 e. The van der Waals surface area contributed by atoms with Crippen molar-refractivity contribution in [3.8, 4) is 0 Å². The number of hydrogen-bond acceptors (Lipinski definition) is 3. The van der Waals surface area contributed by atoms with Crippen molar-refractivity contribution < 1.29 is 9.84 Å². The molecule has 0 bridgehead atoms. The number of aliphatic hydroxyl groups excluding tert-OH is 1. The Balaban J connectivity index is 1.90. The van der Waals surface area contributed by atoms with Crippen molar-refractivity contribution in [3.63, 3.8) is 0 Å². The summed E-state index contributed by atoms with van der Waals surface area (Å²) in [5.74, 6) is 0. The molecule has 0 aliphatic carbocycles. The van der Waals surface area contributed by atoms with E-state index < -0.39 is 0 Å². The van der Waals surface area contributed by atoms with Crippen LogP contribution in [0.15, 0.2) is 0 Å². The van der Waals surface area contributed by atoms with Crippen LogP contribution in [0.3, 0.4) is 0 Å². The van der Waals surface area contributed by atoms with Crippen LogP contribution >= 0.6 is 0 Å². The lowest BCUT2D eigenvalue weighted by atomic mass is 9.87. The van der Waals surface area contributed by atoms with Crippen LogP contribution in [-0.2, 0) is 4.74 Å². The number of piperidine rings is 1. The molecule has 2 saturated heterocycles. The second-order valence-electron chi connectivity index (χ2n) is 5.78. The average Bonchev–Trinajstić information content (AvgIpc) is 2.28. The fourth-order valence-corrected chi connectivity index (χ4v) is 3.31. The fraction of sp³-hybridized carbons (Fsp3) is 1.00. The van der Waals surface area contributed by atoms with E-state index in [9.17, 15) is 5.11 Å². The zero-order chi connectivity index (χ0) is 12.3. The Morgan fingerprint density at radius 3 is 2.82 bits per heavy atom. The van der Waals surface area contributed by atoms with Crippen LogP contribution in [0.4, 0.5) is 0 Å². The van der Waals surface area contributed by atoms with Gasteiger partial charge in [-0.2, -0.15) is 0 Å². The second kappa shape index (κ2) is 6.17. The molecule has 0 aromatic rings. The predicted molar refractivity (Wildman–Crippen MR) is 68.8 cm³/mol. The van der Waals surface area contributed by atoms with E-state index in [2.05, 4.69) is 18.7 Å². The Bertz CT molecular complexity index is 232. The minimum atomic E-state index is -0.0897. The molecular weight excluding hydrogens is 214 g/mol. The zero-order valence-electron chi connectivity index (χ0n) is 11.3. The number of nitrogens with zero attached hydrogens (tertiary/aromatic N) is 1. The molecule has 17 heavy (non-hydrogen) atoms. The van der Waals surface area contributed by atoms with E-state index in [0.717, 1.165) is 26.0 Å². The van der Waals surface area contributed by atoms with Gasteiger partial charge in [0.25, 0.3) is 0 Å². The first kappa shape index (κ1) is 13.3. The molecule has 1 unspecified atom stereocenters. The Morgan fingerprint density at radius 1 is 1.24 bits per heavy atom. The van der Waals surface area contributed by atoms with Gasteiger partial charge in [-0.25, -0.2) is 0 Å². The predicted octanol–water partition coefficient (Wildman–Crippen LogP) is 2.53. The molecule has 3 nitrogen and oxygen atoms in total. The van der Waals surface area contributed by atoms with E-state index in [1.807, 2.05) is 0 Å². The third-order valence-electron chi connectivity index (χ3n) is 4.28. The molecule has 2 fully saturated rings. The molecule has 0 radical (unpaired) electrons. The Morgan fingerprint density at radius 2 is 2.06 bits per heavy atom. The molecule has 2 aliphatic heterocycles. The quantitative estimate of drug-likeness (QED) is 0.768. The summed E-state index contributed by atoms with van der Waals surface area (Å²) in [6.45, 7) is 5.16. The fourth-order valence-electron chi connectivity index (χ4n) is 3.31. The van der Waals surface area contributed by atoms with Crippen LogP contribution in [-0.4, -0.2) is 41.0 Å². The highest BCUT2D eigenvalue weighted by atomic mass is 16.5. The summed E-state index contributed by atoms with van der Waals surface area (Å²) in [4.78, 5) is 2.50. The molecule has 0 amide bonds. The van der Waals surface area contributed by atoms with Gasteiger partial charge < -0.3 is 9.84 Å². The van der Waals surface area contributed by atoms with Crippen LogP contribution in [0.5, 0.6) is 0 Å². The Kier molecular flexibility index (Phi) is 4.83. The van der Waals surface area contributed by atoms with E-state index in [0.29, 0.717) is 18.2 Å². The molecule has 3 heteroatoms. The van der Waals surface area contributed by atoms with E-state index in [-0.39, 0.29) is 6.10 Å². The van der Waals surface area contributed by atoms with Crippen LogP contribution in [0.2, 0.25) is 0 Å². The van der Waals surface area contributed by atoms with Gasteiger partial charge in [0.2, 0.25) is 0 Å². The van der Waals surface area contributed by atoms with Gasteiger partial charge in [-0.15, -0.1) is 0 Å². The monoisotopic (exact) mass is 241 g/mol. The lowest BCUT2D eigenvalue weighted by Gasteiger charge is -2.48. The summed E-state index contributed by atoms with van der Waals surface area (Å²) in [6, 6.07) is 1.09. The van der Waals surface area contributed by atoms with Gasteiger partial charge >= 0.3 is 0 Å². The third kappa shape index (κ3) is 3.43. The number of ether oxygens (including phenoxy) is 1. The maximum absolute atomic E-state index is 9.99. The summed E-state index contributed by atoms with van der Waals surface area (Å²) < 4.78 is 5.76. The van der Waals surface area contributed by atoms with Crippen LogP contribution in [0.1, 0.15) is 58.8 Å². The van der Waals surface area contributed by atoms with Gasteiger partial charge in [-0.3, -0.25) is 4.90 Å². The van der Waals surface area contributed by atoms with Crippen molar-refractivity contribution in [1.29, 1.82) is 0 Å². The summed E-state index contributed by atoms with van der Waals surface area (Å²) in [5.41, 5.74) is 0. The maximum Gasteiger partial charge on any atom is 0.0998 e. The van der Waals surface area contributed by atoms with Crippen molar-refractivity contribution in [2.75, 3.05) is 6.73 Å².